The number of piperazine rings is 1. The van der Waals surface area contributed by atoms with Crippen LogP contribution in [0.15, 0.2) is 18.2 Å². The van der Waals surface area contributed by atoms with Crippen LogP contribution in [0.25, 0.3) is 0 Å². The first-order valence-electron chi connectivity index (χ1n) is 12.3. The first kappa shape index (κ1) is 25.7. The van der Waals surface area contributed by atoms with Crippen LogP contribution >= 0.6 is 0 Å². The molecular weight excluding hydrogens is 438 g/mol. The van der Waals surface area contributed by atoms with Crippen LogP contribution in [-0.2, 0) is 19.6 Å². The second kappa shape index (κ2) is 10.6. The Morgan fingerprint density at radius 3 is 2.39 bits per heavy atom. The number of nitrogens with zero attached hydrogens (tertiary/aromatic N) is 2. The molecule has 2 amide bonds. The fourth-order valence-corrected chi connectivity index (χ4v) is 6.57. The SMILES string of the molecule is CCCS(=O)(=O)N1CC(=O)N(c2cccc(C)c2C)[C@@](C)(C(=O)NC2CCCCCCC2)C1. The first-order valence-corrected chi connectivity index (χ1v) is 13.9. The van der Waals surface area contributed by atoms with Gasteiger partial charge in [0.05, 0.1) is 12.3 Å². The lowest BCUT2D eigenvalue weighted by atomic mass is 9.91. The van der Waals surface area contributed by atoms with E-state index in [9.17, 15) is 18.0 Å². The van der Waals surface area contributed by atoms with Gasteiger partial charge in [-0.15, -0.1) is 0 Å². The maximum absolute atomic E-state index is 13.8. The van der Waals surface area contributed by atoms with E-state index in [0.717, 1.165) is 36.8 Å². The summed E-state index contributed by atoms with van der Waals surface area (Å²) >= 11 is 0. The lowest BCUT2D eigenvalue weighted by Crippen LogP contribution is -2.71. The lowest BCUT2D eigenvalue weighted by molar-refractivity contribution is -0.133. The highest BCUT2D eigenvalue weighted by Gasteiger charge is 2.51. The number of sulfonamides is 1. The van der Waals surface area contributed by atoms with E-state index in [1.807, 2.05) is 32.0 Å². The fraction of sp³-hybridized carbons (Fsp3) is 0.680. The molecule has 1 aliphatic heterocycles. The van der Waals surface area contributed by atoms with Gasteiger partial charge in [0, 0.05) is 18.3 Å². The van der Waals surface area contributed by atoms with Crippen molar-refractivity contribution in [2.24, 2.45) is 0 Å². The molecular formula is C25H39N3O4S. The first-order chi connectivity index (χ1) is 15.6. The third-order valence-corrected chi connectivity index (χ3v) is 9.11. The number of benzene rings is 1. The van der Waals surface area contributed by atoms with Gasteiger partial charge >= 0.3 is 0 Å². The number of carbonyl (C=O) groups excluding carboxylic acids is 2. The highest BCUT2D eigenvalue weighted by molar-refractivity contribution is 7.89. The predicted molar refractivity (Wildman–Crippen MR) is 132 cm³/mol. The van der Waals surface area contributed by atoms with Crippen LogP contribution in [0.3, 0.4) is 0 Å². The molecule has 1 saturated carbocycles. The summed E-state index contributed by atoms with van der Waals surface area (Å²) in [6.45, 7) is 7.11. The molecule has 1 N–H and O–H groups in total. The standard InChI is InChI=1S/C25H39N3O4S/c1-5-16-33(31,32)27-17-23(29)28(22-15-11-12-19(2)20(22)3)25(4,18-27)24(30)26-21-13-9-7-6-8-10-14-21/h11-12,15,21H,5-10,13-14,16-18H2,1-4H3,(H,26,30)/t25-/m1/s1. The van der Waals surface area contributed by atoms with Crippen LogP contribution in [0.1, 0.15) is 76.3 Å². The van der Waals surface area contributed by atoms with E-state index in [0.29, 0.717) is 12.1 Å². The highest BCUT2D eigenvalue weighted by atomic mass is 32.2. The van der Waals surface area contributed by atoms with Gasteiger partial charge in [0.1, 0.15) is 5.54 Å². The Morgan fingerprint density at radius 1 is 1.12 bits per heavy atom. The third kappa shape index (κ3) is 5.60. The van der Waals surface area contributed by atoms with E-state index < -0.39 is 15.6 Å². The van der Waals surface area contributed by atoms with E-state index in [4.69, 9.17) is 0 Å². The highest BCUT2D eigenvalue weighted by Crippen LogP contribution is 2.34. The third-order valence-electron chi connectivity index (χ3n) is 7.14. The molecule has 184 valence electrons. The van der Waals surface area contributed by atoms with Crippen LogP contribution in [0.4, 0.5) is 5.69 Å². The van der Waals surface area contributed by atoms with Crippen molar-refractivity contribution in [1.82, 2.24) is 9.62 Å². The van der Waals surface area contributed by atoms with Crippen LogP contribution in [0.2, 0.25) is 0 Å². The number of hydrogen-bond donors (Lipinski definition) is 1. The molecule has 3 rings (SSSR count). The topological polar surface area (TPSA) is 86.8 Å². The van der Waals surface area contributed by atoms with Gasteiger partial charge in [0.2, 0.25) is 21.8 Å². The Kier molecular flexibility index (Phi) is 8.22. The molecule has 33 heavy (non-hydrogen) atoms. The van der Waals surface area contributed by atoms with Gasteiger partial charge in [0.15, 0.2) is 0 Å². The largest absolute Gasteiger partial charge is 0.351 e. The minimum atomic E-state index is -3.63. The van der Waals surface area contributed by atoms with Crippen molar-refractivity contribution >= 4 is 27.5 Å². The molecule has 1 atom stereocenters. The summed E-state index contributed by atoms with van der Waals surface area (Å²) < 4.78 is 27.0. The Bertz CT molecular complexity index is 970. The molecule has 0 aromatic heterocycles. The van der Waals surface area contributed by atoms with Crippen molar-refractivity contribution in [3.8, 4) is 0 Å². The molecule has 1 aliphatic carbocycles. The summed E-state index contributed by atoms with van der Waals surface area (Å²) in [5, 5.41) is 3.20. The van der Waals surface area contributed by atoms with Crippen LogP contribution < -0.4 is 10.2 Å². The summed E-state index contributed by atoms with van der Waals surface area (Å²) in [6.07, 6.45) is 7.99. The lowest BCUT2D eigenvalue weighted by Gasteiger charge is -2.47. The number of hydrogen-bond acceptors (Lipinski definition) is 4. The Morgan fingerprint density at radius 2 is 1.76 bits per heavy atom. The van der Waals surface area contributed by atoms with Gasteiger partial charge in [-0.3, -0.25) is 14.5 Å². The number of amides is 2. The zero-order chi connectivity index (χ0) is 24.2. The number of rotatable bonds is 6. The van der Waals surface area contributed by atoms with Crippen molar-refractivity contribution < 1.29 is 18.0 Å². The van der Waals surface area contributed by atoms with E-state index in [1.165, 1.54) is 23.6 Å². The Labute approximate surface area is 199 Å². The smallest absolute Gasteiger partial charge is 0.247 e. The zero-order valence-electron chi connectivity index (χ0n) is 20.5. The maximum Gasteiger partial charge on any atom is 0.247 e. The van der Waals surface area contributed by atoms with Crippen molar-refractivity contribution in [3.05, 3.63) is 29.3 Å². The van der Waals surface area contributed by atoms with Crippen molar-refractivity contribution in [3.63, 3.8) is 0 Å². The normalized spacial score (nSPS) is 23.8. The minimum Gasteiger partial charge on any atom is -0.351 e. The molecule has 0 radical (unpaired) electrons. The zero-order valence-corrected chi connectivity index (χ0v) is 21.3. The monoisotopic (exact) mass is 477 g/mol. The van der Waals surface area contributed by atoms with Gasteiger partial charge in [-0.05, 0) is 57.2 Å². The summed E-state index contributed by atoms with van der Waals surface area (Å²) in [5.41, 5.74) is 1.27. The minimum absolute atomic E-state index is 0.0376. The van der Waals surface area contributed by atoms with Gasteiger partial charge in [-0.2, -0.15) is 4.31 Å². The summed E-state index contributed by atoms with van der Waals surface area (Å²) in [4.78, 5) is 28.8. The average Bonchev–Trinajstić information content (AvgIpc) is 2.72. The van der Waals surface area contributed by atoms with Gasteiger partial charge < -0.3 is 5.32 Å². The molecule has 2 fully saturated rings. The second-order valence-electron chi connectivity index (χ2n) is 9.82. The quantitative estimate of drug-likeness (QED) is 0.677. The van der Waals surface area contributed by atoms with Crippen molar-refractivity contribution in [2.75, 3.05) is 23.7 Å². The molecule has 7 nitrogen and oxygen atoms in total. The van der Waals surface area contributed by atoms with Crippen LogP contribution in [0.5, 0.6) is 0 Å². The van der Waals surface area contributed by atoms with Crippen molar-refractivity contribution in [1.29, 1.82) is 0 Å². The van der Waals surface area contributed by atoms with E-state index in [2.05, 4.69) is 5.32 Å². The summed E-state index contributed by atoms with van der Waals surface area (Å²) in [5.74, 6) is -0.687. The Balaban J connectivity index is 1.99. The summed E-state index contributed by atoms with van der Waals surface area (Å²) in [6, 6.07) is 5.74. The molecule has 0 unspecified atom stereocenters. The van der Waals surface area contributed by atoms with Gasteiger partial charge in [-0.25, -0.2) is 8.42 Å². The maximum atomic E-state index is 13.8. The van der Waals surface area contributed by atoms with Gasteiger partial charge in [-0.1, -0.05) is 51.2 Å². The predicted octanol–water partition coefficient (Wildman–Crippen LogP) is 3.68. The molecule has 1 aromatic rings. The average molecular weight is 478 g/mol. The molecule has 1 heterocycles. The van der Waals surface area contributed by atoms with Crippen molar-refractivity contribution in [2.45, 2.75) is 90.6 Å². The molecule has 8 heteroatoms. The summed E-state index contributed by atoms with van der Waals surface area (Å²) in [7, 11) is -3.63. The molecule has 0 spiro atoms. The number of aryl methyl sites for hydroxylation is 1. The van der Waals surface area contributed by atoms with E-state index >= 15 is 0 Å². The van der Waals surface area contributed by atoms with E-state index in [-0.39, 0.29) is 36.7 Å². The number of nitrogens with one attached hydrogen (secondary N) is 1. The van der Waals surface area contributed by atoms with Crippen LogP contribution in [-0.4, -0.2) is 55.0 Å². The van der Waals surface area contributed by atoms with E-state index in [1.54, 1.807) is 18.7 Å². The van der Waals surface area contributed by atoms with Crippen LogP contribution in [0, 0.1) is 13.8 Å². The molecule has 2 aliphatic rings. The fourth-order valence-electron chi connectivity index (χ4n) is 5.04. The molecule has 0 bridgehead atoms. The van der Waals surface area contributed by atoms with Gasteiger partial charge in [0.25, 0.3) is 0 Å². The number of anilines is 1. The second-order valence-corrected chi connectivity index (χ2v) is 11.9. The molecule has 1 aromatic carbocycles. The molecule has 1 saturated heterocycles. The Hall–Kier alpha value is -1.93. The number of carbonyl (C=O) groups is 2.